The molecular formula is C27H22N4O10. The Morgan fingerprint density at radius 1 is 0.829 bits per heavy atom. The van der Waals surface area contributed by atoms with E-state index in [1.54, 1.807) is 19.1 Å². The number of nitrogens with zero attached hydrogens (tertiary/aromatic N) is 3. The van der Waals surface area contributed by atoms with Gasteiger partial charge in [0.05, 0.1) is 34.8 Å². The molecule has 0 saturated carbocycles. The molecule has 0 aliphatic carbocycles. The van der Waals surface area contributed by atoms with Gasteiger partial charge in [0.15, 0.2) is 11.5 Å². The van der Waals surface area contributed by atoms with Gasteiger partial charge < -0.3 is 14.2 Å². The van der Waals surface area contributed by atoms with Crippen LogP contribution in [0.25, 0.3) is 6.08 Å². The molecule has 0 radical (unpaired) electrons. The Hall–Kier alpha value is -5.79. The summed E-state index contributed by atoms with van der Waals surface area (Å²) in [6.45, 7) is 4.09. The zero-order chi connectivity index (χ0) is 29.7. The minimum absolute atomic E-state index is 0.0385. The second-order valence-corrected chi connectivity index (χ2v) is 8.29. The maximum absolute atomic E-state index is 13.2. The highest BCUT2D eigenvalue weighted by molar-refractivity contribution is 6.39. The minimum atomic E-state index is -0.912. The molecule has 0 aromatic heterocycles. The Kier molecular flexibility index (Phi) is 8.22. The molecule has 41 heavy (non-hydrogen) atoms. The summed E-state index contributed by atoms with van der Waals surface area (Å²) in [5.41, 5.74) is -0.905. The number of rotatable bonds is 10. The summed E-state index contributed by atoms with van der Waals surface area (Å²) in [6.07, 6.45) is 1.26. The van der Waals surface area contributed by atoms with Crippen molar-refractivity contribution in [3.05, 3.63) is 92.0 Å². The van der Waals surface area contributed by atoms with E-state index in [0.717, 1.165) is 23.1 Å². The molecular weight excluding hydrogens is 540 g/mol. The molecule has 4 rings (SSSR count). The van der Waals surface area contributed by atoms with Gasteiger partial charge in [0.25, 0.3) is 17.5 Å². The summed E-state index contributed by atoms with van der Waals surface area (Å²) >= 11 is 0. The summed E-state index contributed by atoms with van der Waals surface area (Å²) in [7, 11) is 0. The molecule has 1 fully saturated rings. The average Bonchev–Trinajstić information content (AvgIpc) is 2.93. The average molecular weight is 562 g/mol. The van der Waals surface area contributed by atoms with Crippen molar-refractivity contribution in [3.8, 4) is 23.0 Å². The number of benzene rings is 3. The van der Waals surface area contributed by atoms with Crippen LogP contribution in [0.1, 0.15) is 19.4 Å². The first-order valence-electron chi connectivity index (χ1n) is 12.1. The maximum Gasteiger partial charge on any atom is 0.335 e. The number of carbonyl (C=O) groups excluding carboxylic acids is 3. The number of ether oxygens (including phenoxy) is 3. The van der Waals surface area contributed by atoms with Crippen LogP contribution in [0.3, 0.4) is 0 Å². The monoisotopic (exact) mass is 562 g/mol. The molecule has 1 aliphatic rings. The lowest BCUT2D eigenvalue weighted by Crippen LogP contribution is -2.54. The van der Waals surface area contributed by atoms with Crippen LogP contribution in [0.2, 0.25) is 0 Å². The molecule has 1 saturated heterocycles. The number of barbiturate groups is 1. The summed E-state index contributed by atoms with van der Waals surface area (Å²) in [6, 6.07) is 12.5. The van der Waals surface area contributed by atoms with Crippen LogP contribution in [0.15, 0.2) is 66.2 Å². The van der Waals surface area contributed by atoms with Crippen LogP contribution in [-0.4, -0.2) is 40.9 Å². The van der Waals surface area contributed by atoms with Gasteiger partial charge in [-0.1, -0.05) is 6.07 Å². The van der Waals surface area contributed by atoms with Gasteiger partial charge in [-0.25, -0.2) is 9.69 Å². The van der Waals surface area contributed by atoms with Crippen LogP contribution in [0.5, 0.6) is 23.0 Å². The van der Waals surface area contributed by atoms with Crippen molar-refractivity contribution in [1.82, 2.24) is 5.32 Å². The zero-order valence-electron chi connectivity index (χ0n) is 21.7. The van der Waals surface area contributed by atoms with Gasteiger partial charge in [-0.05, 0) is 68.0 Å². The van der Waals surface area contributed by atoms with E-state index in [2.05, 4.69) is 5.32 Å². The number of nitrogens with one attached hydrogen (secondary N) is 1. The highest BCUT2D eigenvalue weighted by Crippen LogP contribution is 2.39. The number of non-ortho nitro benzene ring substituents is 1. The molecule has 4 amide bonds. The lowest BCUT2D eigenvalue weighted by Gasteiger charge is -2.26. The van der Waals surface area contributed by atoms with Gasteiger partial charge in [0.2, 0.25) is 5.75 Å². The van der Waals surface area contributed by atoms with E-state index in [9.17, 15) is 34.6 Å². The Morgan fingerprint density at radius 3 is 2.15 bits per heavy atom. The maximum atomic E-state index is 13.2. The number of amides is 4. The van der Waals surface area contributed by atoms with Gasteiger partial charge >= 0.3 is 11.7 Å². The SMILES string of the molecule is CCOc1ccc(N2C(=O)NC(=O)/C(=C\c3ccc(Oc4ccc([N+](=O)[O-])cc4[N+](=O)[O-])c(OCC)c3)C2=O)cc1. The first kappa shape index (κ1) is 28.2. The number of nitro benzene ring substituents is 2. The predicted molar refractivity (Wildman–Crippen MR) is 144 cm³/mol. The Balaban J connectivity index is 1.66. The number of urea groups is 1. The van der Waals surface area contributed by atoms with Crippen molar-refractivity contribution in [2.24, 2.45) is 0 Å². The third-order valence-corrected chi connectivity index (χ3v) is 5.66. The summed E-state index contributed by atoms with van der Waals surface area (Å²) in [4.78, 5) is 60.1. The van der Waals surface area contributed by atoms with Gasteiger partial charge in [0, 0.05) is 6.07 Å². The lowest BCUT2D eigenvalue weighted by molar-refractivity contribution is -0.394. The third kappa shape index (κ3) is 6.11. The van der Waals surface area contributed by atoms with E-state index < -0.39 is 39.1 Å². The normalized spacial score (nSPS) is 14.0. The van der Waals surface area contributed by atoms with Crippen molar-refractivity contribution in [1.29, 1.82) is 0 Å². The zero-order valence-corrected chi connectivity index (χ0v) is 21.7. The topological polar surface area (TPSA) is 180 Å². The molecule has 0 unspecified atom stereocenters. The summed E-state index contributed by atoms with van der Waals surface area (Å²) in [5.74, 6) is -1.34. The standard InChI is InChI=1S/C27H22N4O10/c1-3-39-19-9-6-17(7-10-19)29-26(33)20(25(32)28-27(29)34)13-16-5-11-23(24(14-16)40-4-2)41-22-12-8-18(30(35)36)15-21(22)31(37)38/h5-15H,3-4H2,1-2H3,(H,28,32,34)/b20-13+. The smallest absolute Gasteiger partial charge is 0.335 e. The quantitative estimate of drug-likeness (QED) is 0.157. The summed E-state index contributed by atoms with van der Waals surface area (Å²) < 4.78 is 16.7. The molecule has 1 aliphatic heterocycles. The van der Waals surface area contributed by atoms with Crippen LogP contribution in [-0.2, 0) is 9.59 Å². The predicted octanol–water partition coefficient (Wildman–Crippen LogP) is 4.76. The fourth-order valence-electron chi connectivity index (χ4n) is 3.85. The van der Waals surface area contributed by atoms with Crippen LogP contribution >= 0.6 is 0 Å². The Morgan fingerprint density at radius 2 is 1.51 bits per heavy atom. The van der Waals surface area contributed by atoms with E-state index in [-0.39, 0.29) is 35.1 Å². The molecule has 1 heterocycles. The molecule has 210 valence electrons. The number of hydrogen-bond donors (Lipinski definition) is 1. The summed E-state index contributed by atoms with van der Waals surface area (Å²) in [5, 5.41) is 24.7. The van der Waals surface area contributed by atoms with Crippen molar-refractivity contribution in [3.63, 3.8) is 0 Å². The molecule has 14 heteroatoms. The van der Waals surface area contributed by atoms with Gasteiger partial charge in [-0.3, -0.25) is 35.1 Å². The molecule has 1 N–H and O–H groups in total. The first-order chi connectivity index (χ1) is 19.6. The van der Waals surface area contributed by atoms with E-state index >= 15 is 0 Å². The number of anilines is 1. The fourth-order valence-corrected chi connectivity index (χ4v) is 3.85. The molecule has 3 aromatic rings. The highest BCUT2D eigenvalue weighted by atomic mass is 16.6. The lowest BCUT2D eigenvalue weighted by atomic mass is 10.1. The molecule has 0 spiro atoms. The molecule has 0 atom stereocenters. The molecule has 0 bridgehead atoms. The van der Waals surface area contributed by atoms with E-state index in [1.807, 2.05) is 6.92 Å². The number of hydrogen-bond acceptors (Lipinski definition) is 10. The van der Waals surface area contributed by atoms with E-state index in [1.165, 1.54) is 36.4 Å². The van der Waals surface area contributed by atoms with E-state index in [4.69, 9.17) is 14.2 Å². The Bertz CT molecular complexity index is 1580. The number of nitro groups is 2. The minimum Gasteiger partial charge on any atom is -0.494 e. The molecule has 3 aromatic carbocycles. The van der Waals surface area contributed by atoms with Crippen molar-refractivity contribution >= 4 is 41.0 Å². The van der Waals surface area contributed by atoms with Crippen LogP contribution in [0.4, 0.5) is 21.9 Å². The Labute approximate surface area is 232 Å². The van der Waals surface area contributed by atoms with Gasteiger partial charge in [-0.2, -0.15) is 0 Å². The second kappa shape index (κ2) is 11.9. The van der Waals surface area contributed by atoms with Crippen molar-refractivity contribution in [2.45, 2.75) is 13.8 Å². The van der Waals surface area contributed by atoms with Gasteiger partial charge in [0.1, 0.15) is 11.3 Å². The van der Waals surface area contributed by atoms with Crippen LogP contribution in [0, 0.1) is 20.2 Å². The largest absolute Gasteiger partial charge is 0.494 e. The third-order valence-electron chi connectivity index (χ3n) is 5.66. The fraction of sp³-hybridized carbons (Fsp3) is 0.148. The van der Waals surface area contributed by atoms with Crippen molar-refractivity contribution < 1.29 is 38.4 Å². The van der Waals surface area contributed by atoms with Gasteiger partial charge in [-0.15, -0.1) is 0 Å². The first-order valence-corrected chi connectivity index (χ1v) is 12.1. The number of carbonyl (C=O) groups is 3. The van der Waals surface area contributed by atoms with E-state index in [0.29, 0.717) is 17.9 Å². The number of imide groups is 2. The molecule has 14 nitrogen and oxygen atoms in total. The second-order valence-electron chi connectivity index (χ2n) is 8.29. The van der Waals surface area contributed by atoms with Crippen LogP contribution < -0.4 is 24.4 Å². The van der Waals surface area contributed by atoms with Crippen molar-refractivity contribution in [2.75, 3.05) is 18.1 Å². The highest BCUT2D eigenvalue weighted by Gasteiger charge is 2.37.